The van der Waals surface area contributed by atoms with E-state index in [9.17, 15) is 9.59 Å². The van der Waals surface area contributed by atoms with Gasteiger partial charge in [0.1, 0.15) is 0 Å². The Morgan fingerprint density at radius 3 is 2.48 bits per heavy atom. The average molecular weight is 401 g/mol. The van der Waals surface area contributed by atoms with E-state index in [1.54, 1.807) is 30.3 Å². The number of aryl methyl sites for hydroxylation is 1. The molecular weight excluding hydrogens is 382 g/mol. The monoisotopic (exact) mass is 401 g/mol. The summed E-state index contributed by atoms with van der Waals surface area (Å²) in [5.74, 6) is -0.314. The Bertz CT molecular complexity index is 1120. The normalized spacial score (nSPS) is 12.8. The molecule has 29 heavy (non-hydrogen) atoms. The van der Waals surface area contributed by atoms with E-state index in [-0.39, 0.29) is 17.9 Å². The highest BCUT2D eigenvalue weighted by atomic mass is 32.1. The van der Waals surface area contributed by atoms with Crippen LogP contribution in [-0.4, -0.2) is 17.9 Å². The zero-order chi connectivity index (χ0) is 20.4. The second kappa shape index (κ2) is 7.90. The molecular formula is C23H19N3O2S. The van der Waals surface area contributed by atoms with E-state index in [1.165, 1.54) is 11.3 Å². The van der Waals surface area contributed by atoms with Gasteiger partial charge in [0.25, 0.3) is 11.8 Å². The molecule has 2 N–H and O–H groups in total. The molecule has 0 radical (unpaired) electrons. The molecule has 2 amide bonds. The van der Waals surface area contributed by atoms with Crippen molar-refractivity contribution < 1.29 is 9.59 Å². The molecule has 1 aliphatic carbocycles. The Morgan fingerprint density at radius 2 is 1.79 bits per heavy atom. The van der Waals surface area contributed by atoms with Gasteiger partial charge >= 0.3 is 0 Å². The van der Waals surface area contributed by atoms with E-state index in [1.807, 2.05) is 31.2 Å². The molecule has 1 saturated carbocycles. The number of thiophene rings is 1. The summed E-state index contributed by atoms with van der Waals surface area (Å²) in [5, 5.41) is 5.89. The summed E-state index contributed by atoms with van der Waals surface area (Å²) in [6.07, 6.45) is 2.06. The predicted octanol–water partition coefficient (Wildman–Crippen LogP) is 5.42. The van der Waals surface area contributed by atoms with E-state index >= 15 is 0 Å². The zero-order valence-electron chi connectivity index (χ0n) is 15.9. The van der Waals surface area contributed by atoms with Gasteiger partial charge in [-0.25, -0.2) is 4.85 Å². The molecule has 2 aromatic carbocycles. The molecule has 0 atom stereocenters. The van der Waals surface area contributed by atoms with Gasteiger partial charge in [0.2, 0.25) is 0 Å². The fraction of sp³-hybridized carbons (Fsp3) is 0.174. The molecule has 6 heteroatoms. The first kappa shape index (κ1) is 18.9. The van der Waals surface area contributed by atoms with Crippen molar-refractivity contribution in [2.75, 3.05) is 5.32 Å². The van der Waals surface area contributed by atoms with Crippen LogP contribution < -0.4 is 10.6 Å². The molecule has 0 aliphatic heterocycles. The van der Waals surface area contributed by atoms with Crippen molar-refractivity contribution in [3.8, 4) is 10.4 Å². The fourth-order valence-electron chi connectivity index (χ4n) is 2.89. The van der Waals surface area contributed by atoms with Gasteiger partial charge in [-0.05, 0) is 55.2 Å². The van der Waals surface area contributed by atoms with Gasteiger partial charge in [-0.15, -0.1) is 11.3 Å². The predicted molar refractivity (Wildman–Crippen MR) is 116 cm³/mol. The topological polar surface area (TPSA) is 62.6 Å². The first-order chi connectivity index (χ1) is 14.0. The van der Waals surface area contributed by atoms with Crippen LogP contribution in [0.5, 0.6) is 0 Å². The summed E-state index contributed by atoms with van der Waals surface area (Å²) < 4.78 is 0. The van der Waals surface area contributed by atoms with Crippen molar-refractivity contribution in [3.05, 3.63) is 82.0 Å². The summed E-state index contributed by atoms with van der Waals surface area (Å²) in [4.78, 5) is 30.0. The van der Waals surface area contributed by atoms with Gasteiger partial charge in [-0.1, -0.05) is 30.3 Å². The SMILES string of the molecule is [C-]#[N+]c1ccc(-c2ccc(C(=O)Nc3cc(C(=O)NC4CC4)ccc3C)s2)cc1. The van der Waals surface area contributed by atoms with Gasteiger partial charge in [-0.3, -0.25) is 9.59 Å². The molecule has 1 aromatic heterocycles. The van der Waals surface area contributed by atoms with Crippen molar-refractivity contribution in [2.24, 2.45) is 0 Å². The summed E-state index contributed by atoms with van der Waals surface area (Å²) >= 11 is 1.39. The number of nitrogens with one attached hydrogen (secondary N) is 2. The van der Waals surface area contributed by atoms with E-state index < -0.39 is 0 Å². The van der Waals surface area contributed by atoms with Crippen molar-refractivity contribution >= 4 is 34.5 Å². The molecule has 1 aliphatic rings. The van der Waals surface area contributed by atoms with E-state index in [0.717, 1.165) is 28.8 Å². The Kier molecular flexibility index (Phi) is 5.15. The Morgan fingerprint density at radius 1 is 1.03 bits per heavy atom. The van der Waals surface area contributed by atoms with Crippen LogP contribution in [0, 0.1) is 13.5 Å². The molecule has 3 aromatic rings. The number of hydrogen-bond acceptors (Lipinski definition) is 3. The number of benzene rings is 2. The van der Waals surface area contributed by atoms with E-state index in [2.05, 4.69) is 15.5 Å². The maximum absolute atomic E-state index is 12.7. The Balaban J connectivity index is 1.50. The minimum Gasteiger partial charge on any atom is -0.349 e. The van der Waals surface area contributed by atoms with Gasteiger partial charge in [0.15, 0.2) is 5.69 Å². The lowest BCUT2D eigenvalue weighted by Gasteiger charge is -2.10. The summed E-state index contributed by atoms with van der Waals surface area (Å²) in [5.41, 5.74) is 3.63. The number of carbonyl (C=O) groups is 2. The van der Waals surface area contributed by atoms with E-state index in [4.69, 9.17) is 6.57 Å². The quantitative estimate of drug-likeness (QED) is 0.561. The number of amides is 2. The number of anilines is 1. The number of nitrogens with zero attached hydrogens (tertiary/aromatic N) is 1. The summed E-state index contributed by atoms with van der Waals surface area (Å²) in [6.45, 7) is 8.93. The molecule has 0 saturated heterocycles. The molecule has 5 nitrogen and oxygen atoms in total. The highest BCUT2D eigenvalue weighted by Gasteiger charge is 2.24. The average Bonchev–Trinajstić information content (AvgIpc) is 3.40. The fourth-order valence-corrected chi connectivity index (χ4v) is 3.80. The largest absolute Gasteiger partial charge is 0.349 e. The second-order valence-corrected chi connectivity index (χ2v) is 8.14. The summed E-state index contributed by atoms with van der Waals surface area (Å²) in [7, 11) is 0. The smallest absolute Gasteiger partial charge is 0.265 e. The minimum absolute atomic E-state index is 0.107. The molecule has 1 fully saturated rings. The Hall–Kier alpha value is -3.43. The molecule has 1 heterocycles. The second-order valence-electron chi connectivity index (χ2n) is 7.05. The Labute approximate surface area is 173 Å². The maximum atomic E-state index is 12.7. The van der Waals surface area contributed by atoms with Crippen molar-refractivity contribution in [1.29, 1.82) is 0 Å². The summed E-state index contributed by atoms with van der Waals surface area (Å²) in [6, 6.07) is 16.6. The molecule has 0 unspecified atom stereocenters. The number of hydrogen-bond donors (Lipinski definition) is 2. The van der Waals surface area contributed by atoms with Crippen LogP contribution >= 0.6 is 11.3 Å². The van der Waals surface area contributed by atoms with Crippen molar-refractivity contribution in [2.45, 2.75) is 25.8 Å². The maximum Gasteiger partial charge on any atom is 0.265 e. The van der Waals surface area contributed by atoms with Gasteiger partial charge in [0.05, 0.1) is 11.4 Å². The third-order valence-corrected chi connectivity index (χ3v) is 5.90. The first-order valence-corrected chi connectivity index (χ1v) is 10.2. The van der Waals surface area contributed by atoms with Crippen LogP contribution in [0.3, 0.4) is 0 Å². The van der Waals surface area contributed by atoms with Crippen LogP contribution in [0.25, 0.3) is 15.3 Å². The number of carbonyl (C=O) groups excluding carboxylic acids is 2. The highest BCUT2D eigenvalue weighted by Crippen LogP contribution is 2.30. The lowest BCUT2D eigenvalue weighted by atomic mass is 10.1. The van der Waals surface area contributed by atoms with E-state index in [0.29, 0.717) is 21.8 Å². The lowest BCUT2D eigenvalue weighted by molar-refractivity contribution is 0.0949. The third-order valence-electron chi connectivity index (χ3n) is 4.77. The zero-order valence-corrected chi connectivity index (χ0v) is 16.7. The van der Waals surface area contributed by atoms with Gasteiger partial charge in [-0.2, -0.15) is 0 Å². The van der Waals surface area contributed by atoms with Crippen LogP contribution in [0.2, 0.25) is 0 Å². The lowest BCUT2D eigenvalue weighted by Crippen LogP contribution is -2.25. The van der Waals surface area contributed by atoms with Crippen LogP contribution in [0.15, 0.2) is 54.6 Å². The van der Waals surface area contributed by atoms with Crippen LogP contribution in [-0.2, 0) is 0 Å². The molecule has 4 rings (SSSR count). The molecule has 0 bridgehead atoms. The van der Waals surface area contributed by atoms with Crippen LogP contribution in [0.1, 0.15) is 38.4 Å². The van der Waals surface area contributed by atoms with Crippen molar-refractivity contribution in [3.63, 3.8) is 0 Å². The minimum atomic E-state index is -0.207. The first-order valence-electron chi connectivity index (χ1n) is 9.34. The van der Waals surface area contributed by atoms with Crippen LogP contribution in [0.4, 0.5) is 11.4 Å². The third kappa shape index (κ3) is 4.36. The van der Waals surface area contributed by atoms with Gasteiger partial charge in [0, 0.05) is 22.2 Å². The molecule has 0 spiro atoms. The highest BCUT2D eigenvalue weighted by molar-refractivity contribution is 7.17. The molecule has 144 valence electrons. The van der Waals surface area contributed by atoms with Crippen molar-refractivity contribution in [1.82, 2.24) is 5.32 Å². The number of rotatable bonds is 5. The standard InChI is InChI=1S/C23H19N3O2S/c1-14-3-4-16(22(27)25-18-9-10-18)13-19(14)26-23(28)21-12-11-20(29-21)15-5-7-17(24-2)8-6-15/h3-8,11-13,18H,9-10H2,1H3,(H,25,27)(H,26,28). The van der Waals surface area contributed by atoms with Gasteiger partial charge < -0.3 is 10.6 Å².